The van der Waals surface area contributed by atoms with Crippen LogP contribution in [0.2, 0.25) is 0 Å². The molecule has 15 heavy (non-hydrogen) atoms. The van der Waals surface area contributed by atoms with E-state index in [4.69, 9.17) is 10.5 Å². The summed E-state index contributed by atoms with van der Waals surface area (Å²) in [4.78, 5) is 0. The Labute approximate surface area is 98.0 Å². The van der Waals surface area contributed by atoms with E-state index in [2.05, 4.69) is 0 Å². The number of nitrogens with zero attached hydrogens (tertiary/aromatic N) is 2. The molecule has 1 atom stereocenters. The molecule has 0 fully saturated rings. The average Bonchev–Trinajstić information content (AvgIpc) is 2.13. The van der Waals surface area contributed by atoms with Crippen LogP contribution in [0.4, 0.5) is 17.6 Å². The molecule has 0 N–H and O–H groups in total. The van der Waals surface area contributed by atoms with Crippen LogP contribution in [0, 0.1) is 22.7 Å². The van der Waals surface area contributed by atoms with Crippen LogP contribution < -0.4 is 0 Å². The molecule has 0 saturated heterocycles. The summed E-state index contributed by atoms with van der Waals surface area (Å²) in [6, 6.07) is 2.84. The third-order valence-corrected chi connectivity index (χ3v) is 2.38. The highest BCUT2D eigenvalue weighted by molar-refractivity contribution is 14.1. The molecule has 0 aromatic rings. The summed E-state index contributed by atoms with van der Waals surface area (Å²) in [7, 11) is 0. The smallest absolute Gasteiger partial charge is 0.200 e. The van der Waals surface area contributed by atoms with Crippen LogP contribution >= 0.6 is 22.6 Å². The van der Waals surface area contributed by atoms with Gasteiger partial charge in [0.05, 0.1) is 12.1 Å². The first-order valence-electron chi connectivity index (χ1n) is 3.93. The fraction of sp³-hybridized carbons (Fsp3) is 0.750. The zero-order valence-electron chi connectivity index (χ0n) is 7.48. The fourth-order valence-corrected chi connectivity index (χ4v) is 1.37. The van der Waals surface area contributed by atoms with E-state index in [0.717, 1.165) is 0 Å². The van der Waals surface area contributed by atoms with Gasteiger partial charge in [0, 0.05) is 19.3 Å². The topological polar surface area (TPSA) is 47.6 Å². The molecule has 2 nitrogen and oxygen atoms in total. The molecule has 0 radical (unpaired) electrons. The maximum atomic E-state index is 12.9. The van der Waals surface area contributed by atoms with Gasteiger partial charge in [0.2, 0.25) is 0 Å². The molecule has 0 aliphatic carbocycles. The number of hydrogen-bond acceptors (Lipinski definition) is 2. The molecule has 0 rings (SSSR count). The molecule has 0 heterocycles. The highest BCUT2D eigenvalue weighted by Crippen LogP contribution is 2.41. The second-order valence-corrected chi connectivity index (χ2v) is 4.37. The monoisotopic (exact) mass is 334 g/mol. The van der Waals surface area contributed by atoms with E-state index in [9.17, 15) is 17.6 Å². The van der Waals surface area contributed by atoms with Gasteiger partial charge >= 0.3 is 11.8 Å². The van der Waals surface area contributed by atoms with Crippen molar-refractivity contribution in [3.63, 3.8) is 0 Å². The molecular formula is C8H7F4IN2. The predicted octanol–water partition coefficient (Wildman–Crippen LogP) is 3.28. The van der Waals surface area contributed by atoms with Gasteiger partial charge in [-0.05, 0) is 0 Å². The number of hydrogen-bond donors (Lipinski definition) is 0. The van der Waals surface area contributed by atoms with E-state index in [-0.39, 0.29) is 0 Å². The summed E-state index contributed by atoms with van der Waals surface area (Å²) in [5.74, 6) is -8.48. The fourth-order valence-electron chi connectivity index (χ4n) is 0.816. The molecule has 0 aliphatic rings. The zero-order chi connectivity index (χ0) is 12.1. The highest BCUT2D eigenvalue weighted by atomic mass is 127. The Balaban J connectivity index is 4.56. The minimum atomic E-state index is -4.24. The van der Waals surface area contributed by atoms with Gasteiger partial charge < -0.3 is 0 Å². The summed E-state index contributed by atoms with van der Waals surface area (Å²) < 4.78 is 50.5. The van der Waals surface area contributed by atoms with Crippen molar-refractivity contribution >= 4 is 22.6 Å². The lowest BCUT2D eigenvalue weighted by molar-refractivity contribution is -0.212. The van der Waals surface area contributed by atoms with Crippen LogP contribution in [0.3, 0.4) is 0 Å². The van der Waals surface area contributed by atoms with Crippen molar-refractivity contribution in [3.05, 3.63) is 0 Å². The van der Waals surface area contributed by atoms with Crippen molar-refractivity contribution in [2.75, 3.05) is 0 Å². The highest BCUT2D eigenvalue weighted by Gasteiger charge is 2.55. The predicted molar refractivity (Wildman–Crippen MR) is 52.8 cm³/mol. The first kappa shape index (κ1) is 14.4. The molecular weight excluding hydrogens is 327 g/mol. The third kappa shape index (κ3) is 4.20. The zero-order valence-corrected chi connectivity index (χ0v) is 9.64. The van der Waals surface area contributed by atoms with Gasteiger partial charge in [-0.3, -0.25) is 0 Å². The quantitative estimate of drug-likeness (QED) is 0.440. The van der Waals surface area contributed by atoms with E-state index in [1.54, 1.807) is 0 Å². The van der Waals surface area contributed by atoms with Gasteiger partial charge in [-0.1, -0.05) is 22.6 Å². The van der Waals surface area contributed by atoms with Crippen molar-refractivity contribution in [2.45, 2.75) is 35.0 Å². The largest absolute Gasteiger partial charge is 0.312 e. The molecule has 0 bridgehead atoms. The van der Waals surface area contributed by atoms with Crippen molar-refractivity contribution in [2.24, 2.45) is 0 Å². The molecule has 1 unspecified atom stereocenters. The molecule has 0 aromatic heterocycles. The van der Waals surface area contributed by atoms with E-state index < -0.39 is 35.0 Å². The summed E-state index contributed by atoms with van der Waals surface area (Å²) in [6.45, 7) is 0. The minimum absolute atomic E-state index is 0.638. The van der Waals surface area contributed by atoms with Crippen LogP contribution in [0.5, 0.6) is 0 Å². The van der Waals surface area contributed by atoms with Gasteiger partial charge in [0.1, 0.15) is 3.92 Å². The van der Waals surface area contributed by atoms with Gasteiger partial charge in [0.25, 0.3) is 0 Å². The van der Waals surface area contributed by atoms with Crippen LogP contribution in [-0.4, -0.2) is 15.8 Å². The third-order valence-electron chi connectivity index (χ3n) is 1.66. The lowest BCUT2D eigenvalue weighted by atomic mass is 10.0. The Morgan fingerprint density at radius 3 is 2.07 bits per heavy atom. The maximum Gasteiger partial charge on any atom is 0.312 e. The standard InChI is InChI=1S/C8H7F4IN2/c9-7(10,2-1-3-14)8(11,12)4-6(13)5-15/h6H,1-2,4H2. The molecule has 0 spiro atoms. The van der Waals surface area contributed by atoms with Gasteiger partial charge in [0.15, 0.2) is 0 Å². The normalized spacial score (nSPS) is 14.1. The minimum Gasteiger partial charge on any atom is -0.200 e. The molecule has 0 amide bonds. The second kappa shape index (κ2) is 5.50. The van der Waals surface area contributed by atoms with Crippen LogP contribution in [-0.2, 0) is 0 Å². The number of alkyl halides is 5. The van der Waals surface area contributed by atoms with Crippen molar-refractivity contribution in [1.82, 2.24) is 0 Å². The molecule has 0 aromatic carbocycles. The van der Waals surface area contributed by atoms with Crippen molar-refractivity contribution < 1.29 is 17.6 Å². The Morgan fingerprint density at radius 2 is 1.67 bits per heavy atom. The molecule has 0 saturated carbocycles. The molecule has 0 aliphatic heterocycles. The summed E-state index contributed by atoms with van der Waals surface area (Å²) >= 11 is 1.37. The van der Waals surface area contributed by atoms with Crippen molar-refractivity contribution in [3.8, 4) is 12.1 Å². The van der Waals surface area contributed by atoms with Crippen LogP contribution in [0.1, 0.15) is 19.3 Å². The number of halogens is 5. The lowest BCUT2D eigenvalue weighted by Crippen LogP contribution is -2.41. The van der Waals surface area contributed by atoms with Crippen LogP contribution in [0.25, 0.3) is 0 Å². The van der Waals surface area contributed by atoms with E-state index >= 15 is 0 Å². The van der Waals surface area contributed by atoms with Crippen molar-refractivity contribution in [1.29, 1.82) is 10.5 Å². The van der Waals surface area contributed by atoms with E-state index in [0.29, 0.717) is 0 Å². The van der Waals surface area contributed by atoms with E-state index in [1.165, 1.54) is 34.7 Å². The lowest BCUT2D eigenvalue weighted by Gasteiger charge is -2.26. The van der Waals surface area contributed by atoms with Crippen LogP contribution in [0.15, 0.2) is 0 Å². The first-order valence-corrected chi connectivity index (χ1v) is 5.17. The average molecular weight is 334 g/mol. The Hall–Kier alpha value is -0.570. The maximum absolute atomic E-state index is 12.9. The molecule has 7 heteroatoms. The summed E-state index contributed by atoms with van der Waals surface area (Å²) in [6.07, 6.45) is -3.03. The Bertz CT molecular complexity index is 292. The SMILES string of the molecule is N#CCCC(F)(F)C(F)(F)CC(I)C#N. The number of nitriles is 2. The van der Waals surface area contributed by atoms with E-state index in [1.807, 2.05) is 0 Å². The second-order valence-electron chi connectivity index (χ2n) is 2.87. The summed E-state index contributed by atoms with van der Waals surface area (Å²) in [5.41, 5.74) is 0. The Kier molecular flexibility index (Phi) is 5.29. The number of rotatable bonds is 5. The van der Waals surface area contributed by atoms with Gasteiger partial charge in [-0.15, -0.1) is 0 Å². The first-order chi connectivity index (χ1) is 6.77. The van der Waals surface area contributed by atoms with Gasteiger partial charge in [-0.2, -0.15) is 28.1 Å². The summed E-state index contributed by atoms with van der Waals surface area (Å²) in [5, 5.41) is 16.3. The molecule has 84 valence electrons. The van der Waals surface area contributed by atoms with Gasteiger partial charge in [-0.25, -0.2) is 0 Å². The Morgan fingerprint density at radius 1 is 1.13 bits per heavy atom.